The van der Waals surface area contributed by atoms with Gasteiger partial charge < -0.3 is 14.8 Å². The van der Waals surface area contributed by atoms with Crippen LogP contribution in [-0.4, -0.2) is 47.2 Å². The van der Waals surface area contributed by atoms with E-state index in [0.29, 0.717) is 23.7 Å². The second-order valence-corrected chi connectivity index (χ2v) is 6.58. The summed E-state index contributed by atoms with van der Waals surface area (Å²) in [6.45, 7) is 2.04. The third kappa shape index (κ3) is 3.54. The summed E-state index contributed by atoms with van der Waals surface area (Å²) < 4.78 is 33.1. The van der Waals surface area contributed by atoms with Gasteiger partial charge in [0, 0.05) is 12.1 Å². The molecule has 3 heterocycles. The van der Waals surface area contributed by atoms with Crippen molar-refractivity contribution in [3.8, 4) is 5.88 Å². The lowest BCUT2D eigenvalue weighted by Gasteiger charge is -2.17. The third-order valence-electron chi connectivity index (χ3n) is 4.31. The summed E-state index contributed by atoms with van der Waals surface area (Å²) in [6.07, 6.45) is 3.32. The van der Waals surface area contributed by atoms with E-state index in [1.54, 1.807) is 12.1 Å². The van der Waals surface area contributed by atoms with Crippen LogP contribution in [0.5, 0.6) is 5.88 Å². The number of carbonyl (C=O) groups excluding carboxylic acids is 1. The number of anilines is 1. The van der Waals surface area contributed by atoms with Crippen LogP contribution in [0.25, 0.3) is 5.57 Å². The molecule has 0 bridgehead atoms. The molecular weight excluding hydrogens is 359 g/mol. The maximum absolute atomic E-state index is 14.6. The molecule has 9 heteroatoms. The highest BCUT2D eigenvalue weighted by Gasteiger charge is 2.33. The van der Waals surface area contributed by atoms with Gasteiger partial charge in [-0.25, -0.2) is 9.18 Å². The van der Waals surface area contributed by atoms with E-state index in [1.807, 2.05) is 6.08 Å². The molecule has 136 valence electrons. The van der Waals surface area contributed by atoms with E-state index in [1.165, 1.54) is 17.2 Å². The SMILES string of the molecule is O=C1O[C@@H](COc2cnsn2)CN1c1ccc(C2=CCNCC2)c(F)c1. The molecule has 0 saturated carbocycles. The summed E-state index contributed by atoms with van der Waals surface area (Å²) in [5.74, 6) is 0.0619. The summed E-state index contributed by atoms with van der Waals surface area (Å²) in [4.78, 5) is 13.5. The fourth-order valence-electron chi connectivity index (χ4n) is 3.02. The Morgan fingerprint density at radius 1 is 1.46 bits per heavy atom. The van der Waals surface area contributed by atoms with E-state index in [9.17, 15) is 9.18 Å². The van der Waals surface area contributed by atoms with Crippen molar-refractivity contribution in [2.75, 3.05) is 31.1 Å². The first-order chi connectivity index (χ1) is 12.7. The minimum absolute atomic E-state index is 0.175. The van der Waals surface area contributed by atoms with Crippen LogP contribution >= 0.6 is 11.7 Å². The van der Waals surface area contributed by atoms with Gasteiger partial charge in [-0.05, 0) is 36.7 Å². The van der Waals surface area contributed by atoms with Gasteiger partial charge in [0.05, 0.1) is 24.0 Å². The van der Waals surface area contributed by atoms with Gasteiger partial charge in [0.1, 0.15) is 18.6 Å². The highest BCUT2D eigenvalue weighted by Crippen LogP contribution is 2.28. The normalized spacial score (nSPS) is 20.0. The molecule has 0 unspecified atom stereocenters. The van der Waals surface area contributed by atoms with Crippen molar-refractivity contribution in [2.24, 2.45) is 0 Å². The molecule has 2 aromatic rings. The van der Waals surface area contributed by atoms with E-state index in [2.05, 4.69) is 14.1 Å². The van der Waals surface area contributed by atoms with Crippen molar-refractivity contribution < 1.29 is 18.7 Å². The molecule has 1 aromatic heterocycles. The number of ether oxygens (including phenoxy) is 2. The van der Waals surface area contributed by atoms with Crippen molar-refractivity contribution >= 4 is 29.1 Å². The maximum atomic E-state index is 14.6. The molecular formula is C17H17FN4O3S. The van der Waals surface area contributed by atoms with Crippen LogP contribution in [0.1, 0.15) is 12.0 Å². The van der Waals surface area contributed by atoms with Gasteiger partial charge in [-0.15, -0.1) is 4.37 Å². The molecule has 1 amide bonds. The van der Waals surface area contributed by atoms with Gasteiger partial charge in [-0.1, -0.05) is 6.08 Å². The summed E-state index contributed by atoms with van der Waals surface area (Å²) in [6, 6.07) is 4.85. The highest BCUT2D eigenvalue weighted by molar-refractivity contribution is 6.99. The Morgan fingerprint density at radius 3 is 3.12 bits per heavy atom. The van der Waals surface area contributed by atoms with Crippen molar-refractivity contribution in [3.05, 3.63) is 41.9 Å². The van der Waals surface area contributed by atoms with Crippen molar-refractivity contribution in [1.82, 2.24) is 14.1 Å². The van der Waals surface area contributed by atoms with Gasteiger partial charge in [0.25, 0.3) is 0 Å². The van der Waals surface area contributed by atoms with Crippen LogP contribution in [0.3, 0.4) is 0 Å². The van der Waals surface area contributed by atoms with Crippen molar-refractivity contribution in [3.63, 3.8) is 0 Å². The summed E-state index contributed by atoms with van der Waals surface area (Å²) in [5.41, 5.74) is 2.04. The summed E-state index contributed by atoms with van der Waals surface area (Å²) >= 11 is 1.04. The molecule has 1 aromatic carbocycles. The lowest BCUT2D eigenvalue weighted by molar-refractivity contribution is 0.103. The average Bonchev–Trinajstić information content (AvgIpc) is 3.30. The molecule has 7 nitrogen and oxygen atoms in total. The van der Waals surface area contributed by atoms with Crippen LogP contribution < -0.4 is 15.0 Å². The molecule has 0 aliphatic carbocycles. The number of benzene rings is 1. The van der Waals surface area contributed by atoms with Crippen LogP contribution in [-0.2, 0) is 4.74 Å². The minimum atomic E-state index is -0.511. The van der Waals surface area contributed by atoms with Crippen LogP contribution in [0.2, 0.25) is 0 Å². The molecule has 2 aliphatic rings. The predicted octanol–water partition coefficient (Wildman–Crippen LogP) is 2.46. The number of cyclic esters (lactones) is 1. The number of halogens is 1. The smallest absolute Gasteiger partial charge is 0.414 e. The standard InChI is InChI=1S/C17H17FN4O3S/c18-15-7-12(1-2-14(15)11-3-5-19-6-4-11)22-9-13(25-17(22)23)10-24-16-8-20-26-21-16/h1-3,7-8,13,19H,4-6,9-10H2/t13-/m1/s1. The zero-order chi connectivity index (χ0) is 17.9. The Bertz CT molecular complexity index is 827. The van der Waals surface area contributed by atoms with E-state index in [4.69, 9.17) is 9.47 Å². The number of nitrogens with zero attached hydrogens (tertiary/aromatic N) is 3. The topological polar surface area (TPSA) is 76.6 Å². The summed E-state index contributed by atoms with van der Waals surface area (Å²) in [5, 5.41) is 3.20. The fraction of sp³-hybridized carbons (Fsp3) is 0.353. The minimum Gasteiger partial charge on any atom is -0.472 e. The Hall–Kier alpha value is -2.52. The number of hydrogen-bond acceptors (Lipinski definition) is 7. The molecule has 1 saturated heterocycles. The quantitative estimate of drug-likeness (QED) is 0.864. The Labute approximate surface area is 153 Å². The molecule has 0 spiro atoms. The first-order valence-electron chi connectivity index (χ1n) is 8.29. The van der Waals surface area contributed by atoms with Gasteiger partial charge >= 0.3 is 6.09 Å². The average molecular weight is 376 g/mol. The number of nitrogens with one attached hydrogen (secondary N) is 1. The molecule has 1 fully saturated rings. The second kappa shape index (κ2) is 7.38. The molecule has 26 heavy (non-hydrogen) atoms. The van der Waals surface area contributed by atoms with Crippen LogP contribution in [0, 0.1) is 5.82 Å². The van der Waals surface area contributed by atoms with E-state index in [-0.39, 0.29) is 12.4 Å². The zero-order valence-electron chi connectivity index (χ0n) is 13.9. The van der Waals surface area contributed by atoms with Gasteiger partial charge in [0.15, 0.2) is 6.10 Å². The van der Waals surface area contributed by atoms with Crippen molar-refractivity contribution in [1.29, 1.82) is 0 Å². The predicted molar refractivity (Wildman–Crippen MR) is 94.9 cm³/mol. The Balaban J connectivity index is 1.44. The first-order valence-corrected chi connectivity index (χ1v) is 9.02. The van der Waals surface area contributed by atoms with Crippen molar-refractivity contribution in [2.45, 2.75) is 12.5 Å². The maximum Gasteiger partial charge on any atom is 0.414 e. The largest absolute Gasteiger partial charge is 0.472 e. The third-order valence-corrected chi connectivity index (χ3v) is 4.77. The second-order valence-electron chi connectivity index (χ2n) is 6.02. The monoisotopic (exact) mass is 376 g/mol. The van der Waals surface area contributed by atoms with E-state index < -0.39 is 12.2 Å². The number of aromatic nitrogens is 2. The summed E-state index contributed by atoms with van der Waals surface area (Å²) in [7, 11) is 0. The molecule has 0 radical (unpaired) electrons. The molecule has 1 atom stereocenters. The highest BCUT2D eigenvalue weighted by atomic mass is 32.1. The zero-order valence-corrected chi connectivity index (χ0v) is 14.7. The van der Waals surface area contributed by atoms with Crippen LogP contribution in [0.4, 0.5) is 14.9 Å². The lowest BCUT2D eigenvalue weighted by Crippen LogP contribution is -2.26. The number of hydrogen-bond donors (Lipinski definition) is 1. The van der Waals surface area contributed by atoms with E-state index >= 15 is 0 Å². The number of carbonyl (C=O) groups is 1. The Kier molecular flexibility index (Phi) is 4.81. The first kappa shape index (κ1) is 16.9. The number of amides is 1. The van der Waals surface area contributed by atoms with Gasteiger partial charge in [0.2, 0.25) is 5.88 Å². The number of rotatable bonds is 5. The van der Waals surface area contributed by atoms with Crippen LogP contribution in [0.15, 0.2) is 30.5 Å². The molecule has 2 aliphatic heterocycles. The molecule has 1 N–H and O–H groups in total. The molecule has 4 rings (SSSR count). The lowest BCUT2D eigenvalue weighted by atomic mass is 9.99. The van der Waals surface area contributed by atoms with Gasteiger partial charge in [-0.3, -0.25) is 4.90 Å². The van der Waals surface area contributed by atoms with Gasteiger partial charge in [-0.2, -0.15) is 4.37 Å². The fourth-order valence-corrected chi connectivity index (χ4v) is 3.38. The Morgan fingerprint density at radius 2 is 2.38 bits per heavy atom. The van der Waals surface area contributed by atoms with E-state index in [0.717, 1.165) is 36.8 Å².